The van der Waals surface area contributed by atoms with Gasteiger partial charge in [-0.25, -0.2) is 9.97 Å². The Labute approximate surface area is 123 Å². The van der Waals surface area contributed by atoms with Crippen LogP contribution in [0, 0.1) is 18.3 Å². The first-order chi connectivity index (χ1) is 10.3. The summed E-state index contributed by atoms with van der Waals surface area (Å²) in [5.74, 6) is 0. The molecule has 3 aromatic rings. The maximum Gasteiger partial charge on any atom is 0.116 e. The number of aryl methyl sites for hydroxylation is 1. The van der Waals surface area contributed by atoms with Crippen LogP contribution >= 0.6 is 0 Å². The molecule has 0 saturated heterocycles. The van der Waals surface area contributed by atoms with E-state index in [1.165, 1.54) is 6.33 Å². The smallest absolute Gasteiger partial charge is 0.116 e. The first-order valence-electron chi connectivity index (χ1n) is 6.67. The molecule has 21 heavy (non-hydrogen) atoms. The van der Waals surface area contributed by atoms with Gasteiger partial charge in [0.1, 0.15) is 12.4 Å². The van der Waals surface area contributed by atoms with E-state index in [2.05, 4.69) is 16.0 Å². The van der Waals surface area contributed by atoms with Crippen LogP contribution < -0.4 is 0 Å². The summed E-state index contributed by atoms with van der Waals surface area (Å²) in [6.45, 7) is 1.95. The minimum absolute atomic E-state index is 0.707. The van der Waals surface area contributed by atoms with Crippen LogP contribution in [0.15, 0.2) is 61.1 Å². The van der Waals surface area contributed by atoms with E-state index in [1.807, 2.05) is 55.5 Å². The summed E-state index contributed by atoms with van der Waals surface area (Å²) in [7, 11) is 0. The third kappa shape index (κ3) is 2.39. The Kier molecular flexibility index (Phi) is 3.44. The van der Waals surface area contributed by atoms with Gasteiger partial charge in [-0.2, -0.15) is 5.26 Å². The molecule has 0 spiro atoms. The van der Waals surface area contributed by atoms with E-state index < -0.39 is 0 Å². The van der Waals surface area contributed by atoms with E-state index in [-0.39, 0.29) is 0 Å². The third-order valence-electron chi connectivity index (χ3n) is 3.46. The van der Waals surface area contributed by atoms with Crippen LogP contribution in [0.1, 0.15) is 11.1 Å². The minimum Gasteiger partial charge on any atom is -0.245 e. The number of hydrogen-bond donors (Lipinski definition) is 0. The molecule has 3 heteroatoms. The summed E-state index contributed by atoms with van der Waals surface area (Å²) in [5, 5.41) is 9.45. The van der Waals surface area contributed by atoms with Gasteiger partial charge >= 0.3 is 0 Å². The Bertz CT molecular complexity index is 817. The van der Waals surface area contributed by atoms with Crippen molar-refractivity contribution in [2.24, 2.45) is 0 Å². The van der Waals surface area contributed by atoms with Gasteiger partial charge in [0, 0.05) is 17.3 Å². The Hall–Kier alpha value is -2.99. The lowest BCUT2D eigenvalue weighted by molar-refractivity contribution is 1.17. The number of benzene rings is 2. The van der Waals surface area contributed by atoms with Gasteiger partial charge in [-0.15, -0.1) is 0 Å². The minimum atomic E-state index is 0.707. The molecular weight excluding hydrogens is 258 g/mol. The summed E-state index contributed by atoms with van der Waals surface area (Å²) >= 11 is 0. The highest BCUT2D eigenvalue weighted by molar-refractivity contribution is 5.85. The second kappa shape index (κ2) is 5.56. The van der Waals surface area contributed by atoms with Gasteiger partial charge in [0.2, 0.25) is 0 Å². The largest absolute Gasteiger partial charge is 0.245 e. The molecule has 0 unspecified atom stereocenters. The molecule has 0 N–H and O–H groups in total. The van der Waals surface area contributed by atoms with E-state index in [0.717, 1.165) is 27.9 Å². The van der Waals surface area contributed by atoms with Crippen molar-refractivity contribution in [2.45, 2.75) is 6.92 Å². The van der Waals surface area contributed by atoms with Gasteiger partial charge in [0.15, 0.2) is 0 Å². The lowest BCUT2D eigenvalue weighted by atomic mass is 9.92. The van der Waals surface area contributed by atoms with Gasteiger partial charge in [0.25, 0.3) is 0 Å². The number of nitriles is 1. The summed E-state index contributed by atoms with van der Waals surface area (Å²) in [4.78, 5) is 8.28. The van der Waals surface area contributed by atoms with Crippen LogP contribution in [0.3, 0.4) is 0 Å². The van der Waals surface area contributed by atoms with Crippen molar-refractivity contribution >= 4 is 0 Å². The maximum atomic E-state index is 9.45. The molecule has 0 atom stereocenters. The Balaban J connectivity index is 2.27. The van der Waals surface area contributed by atoms with Crippen molar-refractivity contribution in [1.82, 2.24) is 9.97 Å². The summed E-state index contributed by atoms with van der Waals surface area (Å²) in [6, 6.07) is 18.1. The van der Waals surface area contributed by atoms with Gasteiger partial charge in [0.05, 0.1) is 11.3 Å². The highest BCUT2D eigenvalue weighted by Crippen LogP contribution is 2.33. The second-order valence-corrected chi connectivity index (χ2v) is 4.75. The van der Waals surface area contributed by atoms with Crippen molar-refractivity contribution in [1.29, 1.82) is 5.26 Å². The quantitative estimate of drug-likeness (QED) is 0.708. The van der Waals surface area contributed by atoms with Crippen molar-refractivity contribution in [3.05, 3.63) is 72.2 Å². The molecule has 3 nitrogen and oxygen atoms in total. The number of aromatic nitrogens is 2. The molecule has 0 amide bonds. The Morgan fingerprint density at radius 2 is 1.67 bits per heavy atom. The Morgan fingerprint density at radius 3 is 2.38 bits per heavy atom. The molecule has 0 fully saturated rings. The molecule has 1 aromatic heterocycles. The van der Waals surface area contributed by atoms with E-state index in [9.17, 15) is 5.26 Å². The van der Waals surface area contributed by atoms with Crippen molar-refractivity contribution < 1.29 is 0 Å². The first kappa shape index (κ1) is 13.0. The number of rotatable bonds is 2. The zero-order valence-electron chi connectivity index (χ0n) is 11.6. The molecule has 100 valence electrons. The normalized spacial score (nSPS) is 10.1. The van der Waals surface area contributed by atoms with Crippen LogP contribution in [0.25, 0.3) is 22.4 Å². The summed E-state index contributed by atoms with van der Waals surface area (Å²) < 4.78 is 0. The van der Waals surface area contributed by atoms with E-state index in [1.54, 1.807) is 6.20 Å². The lowest BCUT2D eigenvalue weighted by Crippen LogP contribution is -1.92. The van der Waals surface area contributed by atoms with Gasteiger partial charge in [-0.3, -0.25) is 0 Å². The average Bonchev–Trinajstić information content (AvgIpc) is 2.55. The Morgan fingerprint density at radius 1 is 0.905 bits per heavy atom. The van der Waals surface area contributed by atoms with Gasteiger partial charge in [-0.1, -0.05) is 42.5 Å². The fraction of sp³-hybridized carbons (Fsp3) is 0.0556. The SMILES string of the molecule is Cc1cccc(-c2ccccc2-c2ccncn2)c1C#N. The summed E-state index contributed by atoms with van der Waals surface area (Å²) in [6.07, 6.45) is 3.26. The predicted molar refractivity (Wildman–Crippen MR) is 82.4 cm³/mol. The van der Waals surface area contributed by atoms with Crippen LogP contribution in [0.4, 0.5) is 0 Å². The molecular formula is C18H13N3. The molecule has 3 rings (SSSR count). The topological polar surface area (TPSA) is 49.6 Å². The van der Waals surface area contributed by atoms with E-state index in [4.69, 9.17) is 0 Å². The number of nitrogens with zero attached hydrogens (tertiary/aromatic N) is 3. The molecule has 2 aromatic carbocycles. The third-order valence-corrected chi connectivity index (χ3v) is 3.46. The lowest BCUT2D eigenvalue weighted by Gasteiger charge is -2.11. The van der Waals surface area contributed by atoms with Gasteiger partial charge < -0.3 is 0 Å². The van der Waals surface area contributed by atoms with E-state index in [0.29, 0.717) is 5.56 Å². The zero-order chi connectivity index (χ0) is 14.7. The standard InChI is InChI=1S/C18H13N3/c1-13-5-4-8-15(17(13)11-19)14-6-2-3-7-16(14)18-9-10-20-12-21-18/h2-10,12H,1H3. The highest BCUT2D eigenvalue weighted by Gasteiger charge is 2.12. The van der Waals surface area contributed by atoms with Crippen molar-refractivity contribution in [3.63, 3.8) is 0 Å². The first-order valence-corrected chi connectivity index (χ1v) is 6.67. The zero-order valence-corrected chi connectivity index (χ0v) is 11.6. The van der Waals surface area contributed by atoms with Crippen molar-refractivity contribution in [2.75, 3.05) is 0 Å². The molecule has 0 aliphatic carbocycles. The van der Waals surface area contributed by atoms with E-state index >= 15 is 0 Å². The highest BCUT2D eigenvalue weighted by atomic mass is 14.8. The second-order valence-electron chi connectivity index (χ2n) is 4.75. The molecule has 0 aliphatic rings. The van der Waals surface area contributed by atoms with Crippen molar-refractivity contribution in [3.8, 4) is 28.5 Å². The number of hydrogen-bond acceptors (Lipinski definition) is 3. The average molecular weight is 271 g/mol. The monoisotopic (exact) mass is 271 g/mol. The molecule has 0 bridgehead atoms. The van der Waals surface area contributed by atoms with Crippen LogP contribution in [-0.2, 0) is 0 Å². The molecule has 0 aliphatic heterocycles. The summed E-state index contributed by atoms with van der Waals surface area (Å²) in [5.41, 5.74) is 5.49. The van der Waals surface area contributed by atoms with Crippen LogP contribution in [0.2, 0.25) is 0 Å². The van der Waals surface area contributed by atoms with Crippen LogP contribution in [-0.4, -0.2) is 9.97 Å². The molecule has 0 saturated carbocycles. The fourth-order valence-electron chi connectivity index (χ4n) is 2.43. The van der Waals surface area contributed by atoms with Crippen LogP contribution in [0.5, 0.6) is 0 Å². The maximum absolute atomic E-state index is 9.45. The fourth-order valence-corrected chi connectivity index (χ4v) is 2.43. The molecule has 1 heterocycles. The molecule has 0 radical (unpaired) electrons. The predicted octanol–water partition coefficient (Wildman–Crippen LogP) is 3.99. The van der Waals surface area contributed by atoms with Gasteiger partial charge in [-0.05, 0) is 24.1 Å².